The zero-order chi connectivity index (χ0) is 14.4. The summed E-state index contributed by atoms with van der Waals surface area (Å²) >= 11 is 6.23. The van der Waals surface area contributed by atoms with Gasteiger partial charge < -0.3 is 14.8 Å². The fourth-order valence-electron chi connectivity index (χ4n) is 2.60. The minimum absolute atomic E-state index is 0.00728. The van der Waals surface area contributed by atoms with Gasteiger partial charge in [0, 0.05) is 44.0 Å². The van der Waals surface area contributed by atoms with Crippen molar-refractivity contribution in [2.24, 2.45) is 5.41 Å². The van der Waals surface area contributed by atoms with Crippen LogP contribution in [0.15, 0.2) is 24.3 Å². The minimum atomic E-state index is -0.00728. The number of hydrogen-bond acceptors (Lipinski definition) is 3. The zero-order valence-electron chi connectivity index (χ0n) is 12.3. The summed E-state index contributed by atoms with van der Waals surface area (Å²) in [5.74, 6) is 0. The van der Waals surface area contributed by atoms with E-state index in [1.807, 2.05) is 24.3 Å². The Morgan fingerprint density at radius 1 is 1.35 bits per heavy atom. The molecule has 0 radical (unpaired) electrons. The van der Waals surface area contributed by atoms with E-state index in [-0.39, 0.29) is 6.10 Å². The second-order valence-electron chi connectivity index (χ2n) is 5.80. The molecule has 1 aromatic carbocycles. The Kier molecular flexibility index (Phi) is 5.85. The van der Waals surface area contributed by atoms with Crippen molar-refractivity contribution < 1.29 is 9.47 Å². The Hall–Kier alpha value is -0.610. The molecular weight excluding hydrogens is 274 g/mol. The third-order valence-corrected chi connectivity index (χ3v) is 4.46. The Morgan fingerprint density at radius 2 is 2.05 bits per heavy atom. The van der Waals surface area contributed by atoms with Crippen molar-refractivity contribution in [1.82, 2.24) is 5.32 Å². The molecule has 1 aromatic rings. The molecule has 0 aromatic heterocycles. The summed E-state index contributed by atoms with van der Waals surface area (Å²) in [4.78, 5) is 0. The first kappa shape index (κ1) is 15.8. The number of methoxy groups -OCH3 is 1. The molecule has 4 heteroatoms. The molecule has 112 valence electrons. The summed E-state index contributed by atoms with van der Waals surface area (Å²) in [6.45, 7) is 5.82. The van der Waals surface area contributed by atoms with Gasteiger partial charge in [0.1, 0.15) is 0 Å². The summed E-state index contributed by atoms with van der Waals surface area (Å²) < 4.78 is 11.0. The Morgan fingerprint density at radius 3 is 2.70 bits per heavy atom. The van der Waals surface area contributed by atoms with Crippen LogP contribution in [0, 0.1) is 5.41 Å². The molecule has 1 N–H and O–H groups in total. The number of rotatable bonds is 6. The normalized spacial score (nSPS) is 19.8. The van der Waals surface area contributed by atoms with Crippen LogP contribution >= 0.6 is 11.6 Å². The summed E-state index contributed by atoms with van der Waals surface area (Å²) in [5.41, 5.74) is 1.37. The minimum Gasteiger partial charge on any atom is -0.381 e. The SMILES string of the molecule is CO[C@H](CNCC1(C)CCOCC1)c1ccccc1Cl. The molecule has 0 amide bonds. The summed E-state index contributed by atoms with van der Waals surface area (Å²) in [5, 5.41) is 4.30. The highest BCUT2D eigenvalue weighted by Gasteiger charge is 2.27. The molecule has 1 atom stereocenters. The van der Waals surface area contributed by atoms with Gasteiger partial charge >= 0.3 is 0 Å². The number of nitrogens with one attached hydrogen (secondary N) is 1. The van der Waals surface area contributed by atoms with Gasteiger partial charge in [-0.25, -0.2) is 0 Å². The predicted octanol–water partition coefficient (Wildman–Crippen LogP) is 3.43. The van der Waals surface area contributed by atoms with Gasteiger partial charge in [-0.3, -0.25) is 0 Å². The Balaban J connectivity index is 1.87. The maximum atomic E-state index is 6.23. The number of ether oxygens (including phenoxy) is 2. The van der Waals surface area contributed by atoms with Crippen LogP contribution in [-0.4, -0.2) is 33.4 Å². The molecule has 1 heterocycles. The van der Waals surface area contributed by atoms with Crippen LogP contribution in [0.5, 0.6) is 0 Å². The molecule has 0 spiro atoms. The molecule has 1 fully saturated rings. The van der Waals surface area contributed by atoms with E-state index >= 15 is 0 Å². The van der Waals surface area contributed by atoms with Crippen molar-refractivity contribution in [3.05, 3.63) is 34.9 Å². The van der Waals surface area contributed by atoms with E-state index in [1.165, 1.54) is 0 Å². The van der Waals surface area contributed by atoms with Crippen molar-refractivity contribution in [3.63, 3.8) is 0 Å². The van der Waals surface area contributed by atoms with Gasteiger partial charge in [-0.2, -0.15) is 0 Å². The van der Waals surface area contributed by atoms with Crippen LogP contribution in [-0.2, 0) is 9.47 Å². The van der Waals surface area contributed by atoms with Crippen LogP contribution in [0.25, 0.3) is 0 Å². The van der Waals surface area contributed by atoms with E-state index in [9.17, 15) is 0 Å². The summed E-state index contributed by atoms with van der Waals surface area (Å²) in [7, 11) is 1.73. The predicted molar refractivity (Wildman–Crippen MR) is 82.2 cm³/mol. The lowest BCUT2D eigenvalue weighted by molar-refractivity contribution is 0.0214. The van der Waals surface area contributed by atoms with E-state index in [4.69, 9.17) is 21.1 Å². The van der Waals surface area contributed by atoms with Crippen LogP contribution in [0.4, 0.5) is 0 Å². The Labute approximate surface area is 126 Å². The van der Waals surface area contributed by atoms with E-state index in [0.29, 0.717) is 5.41 Å². The Bertz CT molecular complexity index is 419. The standard InChI is InChI=1S/C16H24ClNO2/c1-16(7-9-20-10-8-16)12-18-11-15(19-2)13-5-3-4-6-14(13)17/h3-6,15,18H,7-12H2,1-2H3/t15-/m1/s1. The maximum absolute atomic E-state index is 6.23. The summed E-state index contributed by atoms with van der Waals surface area (Å²) in [6, 6.07) is 7.86. The van der Waals surface area contributed by atoms with Crippen LogP contribution < -0.4 is 5.32 Å². The largest absolute Gasteiger partial charge is 0.381 e. The second-order valence-corrected chi connectivity index (χ2v) is 6.21. The first-order valence-corrected chi connectivity index (χ1v) is 7.58. The molecule has 20 heavy (non-hydrogen) atoms. The van der Waals surface area contributed by atoms with Crippen molar-refractivity contribution >= 4 is 11.6 Å². The first-order valence-electron chi connectivity index (χ1n) is 7.20. The maximum Gasteiger partial charge on any atom is 0.0959 e. The van der Waals surface area contributed by atoms with E-state index in [0.717, 1.165) is 49.7 Å². The number of hydrogen-bond donors (Lipinski definition) is 1. The van der Waals surface area contributed by atoms with E-state index in [2.05, 4.69) is 12.2 Å². The number of benzene rings is 1. The molecule has 2 rings (SSSR count). The molecule has 1 aliphatic heterocycles. The lowest BCUT2D eigenvalue weighted by atomic mass is 9.82. The molecule has 1 saturated heterocycles. The molecule has 1 aliphatic rings. The third-order valence-electron chi connectivity index (χ3n) is 4.12. The van der Waals surface area contributed by atoms with Crippen molar-refractivity contribution in [2.75, 3.05) is 33.4 Å². The second kappa shape index (κ2) is 7.41. The fourth-order valence-corrected chi connectivity index (χ4v) is 2.86. The molecule has 0 bridgehead atoms. The van der Waals surface area contributed by atoms with Gasteiger partial charge in [-0.15, -0.1) is 0 Å². The fraction of sp³-hybridized carbons (Fsp3) is 0.625. The van der Waals surface area contributed by atoms with Crippen LogP contribution in [0.2, 0.25) is 5.02 Å². The van der Waals surface area contributed by atoms with E-state index < -0.39 is 0 Å². The van der Waals surface area contributed by atoms with E-state index in [1.54, 1.807) is 7.11 Å². The lowest BCUT2D eigenvalue weighted by Gasteiger charge is -2.34. The molecule has 3 nitrogen and oxygen atoms in total. The zero-order valence-corrected chi connectivity index (χ0v) is 13.1. The highest BCUT2D eigenvalue weighted by molar-refractivity contribution is 6.31. The smallest absolute Gasteiger partial charge is 0.0959 e. The third kappa shape index (κ3) is 4.19. The van der Waals surface area contributed by atoms with Crippen molar-refractivity contribution in [3.8, 4) is 0 Å². The average Bonchev–Trinajstić information content (AvgIpc) is 2.45. The monoisotopic (exact) mass is 297 g/mol. The van der Waals surface area contributed by atoms with Gasteiger partial charge in [0.25, 0.3) is 0 Å². The molecule has 0 saturated carbocycles. The highest BCUT2D eigenvalue weighted by atomic mass is 35.5. The van der Waals surface area contributed by atoms with Gasteiger partial charge in [0.05, 0.1) is 6.10 Å². The van der Waals surface area contributed by atoms with Crippen molar-refractivity contribution in [2.45, 2.75) is 25.9 Å². The lowest BCUT2D eigenvalue weighted by Crippen LogP contribution is -2.38. The molecule has 0 unspecified atom stereocenters. The number of halogens is 1. The van der Waals surface area contributed by atoms with Crippen LogP contribution in [0.1, 0.15) is 31.4 Å². The van der Waals surface area contributed by atoms with Crippen molar-refractivity contribution in [1.29, 1.82) is 0 Å². The first-order chi connectivity index (χ1) is 9.64. The average molecular weight is 298 g/mol. The quantitative estimate of drug-likeness (QED) is 0.872. The topological polar surface area (TPSA) is 30.5 Å². The van der Waals surface area contributed by atoms with Gasteiger partial charge in [0.2, 0.25) is 0 Å². The van der Waals surface area contributed by atoms with Gasteiger partial charge in [0.15, 0.2) is 0 Å². The van der Waals surface area contributed by atoms with Gasteiger partial charge in [-0.1, -0.05) is 36.7 Å². The van der Waals surface area contributed by atoms with Gasteiger partial charge in [-0.05, 0) is 24.3 Å². The van der Waals surface area contributed by atoms with Crippen LogP contribution in [0.3, 0.4) is 0 Å². The summed E-state index contributed by atoms with van der Waals surface area (Å²) in [6.07, 6.45) is 2.22. The molecule has 0 aliphatic carbocycles. The highest BCUT2D eigenvalue weighted by Crippen LogP contribution is 2.29. The molecular formula is C16H24ClNO2.